The lowest BCUT2D eigenvalue weighted by Crippen LogP contribution is -2.41. The second-order valence-corrected chi connectivity index (χ2v) is 6.17. The summed E-state index contributed by atoms with van der Waals surface area (Å²) < 4.78 is 7.58. The number of hydrogen-bond donors (Lipinski definition) is 0. The Morgan fingerprint density at radius 3 is 2.95 bits per heavy atom. The Hall–Kier alpha value is -2.18. The topological polar surface area (TPSA) is 77.0 Å². The number of likely N-dealkylation sites (tertiary alicyclic amines) is 1. The largest absolute Gasteiger partial charge is 0.435 e. The van der Waals surface area contributed by atoms with Crippen molar-refractivity contribution >= 4 is 5.91 Å². The molecule has 1 saturated heterocycles. The van der Waals surface area contributed by atoms with Gasteiger partial charge in [-0.05, 0) is 32.6 Å². The first-order valence-corrected chi connectivity index (χ1v) is 7.85. The number of piperidine rings is 1. The predicted octanol–water partition coefficient (Wildman–Crippen LogP) is 1.93. The lowest BCUT2D eigenvalue weighted by Gasteiger charge is -2.32. The third-order valence-corrected chi connectivity index (χ3v) is 4.43. The zero-order valence-corrected chi connectivity index (χ0v) is 12.6. The molecule has 3 heterocycles. The van der Waals surface area contributed by atoms with Crippen molar-refractivity contribution < 1.29 is 9.21 Å². The van der Waals surface area contributed by atoms with E-state index in [1.807, 2.05) is 22.7 Å². The average molecular weight is 301 g/mol. The summed E-state index contributed by atoms with van der Waals surface area (Å²) >= 11 is 0. The molecular formula is C15H19N5O2. The lowest BCUT2D eigenvalue weighted by atomic mass is 10.1. The van der Waals surface area contributed by atoms with E-state index in [1.54, 1.807) is 6.20 Å². The molecule has 7 nitrogen and oxygen atoms in total. The minimum atomic E-state index is -0.0540. The van der Waals surface area contributed by atoms with Crippen molar-refractivity contribution in [3.63, 3.8) is 0 Å². The maximum atomic E-state index is 12.7. The third-order valence-electron chi connectivity index (χ3n) is 4.43. The van der Waals surface area contributed by atoms with Crippen molar-refractivity contribution in [1.82, 2.24) is 24.9 Å². The molecule has 2 aromatic heterocycles. The average Bonchev–Trinajstić information content (AvgIpc) is 3.09. The number of rotatable bonds is 3. The van der Waals surface area contributed by atoms with Crippen LogP contribution in [0.5, 0.6) is 0 Å². The SMILES string of the molecule is Cc1nc(C2CC2)oc1C(=O)N1CCCC(n2ccnn2)C1. The van der Waals surface area contributed by atoms with Gasteiger partial charge in [-0.3, -0.25) is 4.79 Å². The molecule has 4 rings (SSSR count). The van der Waals surface area contributed by atoms with E-state index in [1.165, 1.54) is 0 Å². The second-order valence-electron chi connectivity index (χ2n) is 6.17. The Morgan fingerprint density at radius 2 is 2.23 bits per heavy atom. The van der Waals surface area contributed by atoms with E-state index in [4.69, 9.17) is 4.42 Å². The van der Waals surface area contributed by atoms with Gasteiger partial charge in [0.25, 0.3) is 5.91 Å². The molecule has 1 aliphatic heterocycles. The molecule has 0 aromatic carbocycles. The van der Waals surface area contributed by atoms with Crippen LogP contribution in [0.2, 0.25) is 0 Å². The minimum absolute atomic E-state index is 0.0540. The summed E-state index contributed by atoms with van der Waals surface area (Å²) in [5.74, 6) is 1.50. The van der Waals surface area contributed by atoms with E-state index in [0.717, 1.165) is 38.1 Å². The van der Waals surface area contributed by atoms with Gasteiger partial charge in [-0.1, -0.05) is 5.21 Å². The molecule has 2 aliphatic rings. The molecule has 22 heavy (non-hydrogen) atoms. The van der Waals surface area contributed by atoms with Crippen LogP contribution in [-0.2, 0) is 0 Å². The number of nitrogens with zero attached hydrogens (tertiary/aromatic N) is 5. The van der Waals surface area contributed by atoms with Crippen LogP contribution in [0.15, 0.2) is 16.8 Å². The van der Waals surface area contributed by atoms with Gasteiger partial charge in [-0.15, -0.1) is 5.10 Å². The van der Waals surface area contributed by atoms with Gasteiger partial charge in [0.2, 0.25) is 5.76 Å². The van der Waals surface area contributed by atoms with Gasteiger partial charge in [0.05, 0.1) is 17.9 Å². The van der Waals surface area contributed by atoms with E-state index < -0.39 is 0 Å². The number of oxazole rings is 1. The summed E-state index contributed by atoms with van der Waals surface area (Å²) in [6.07, 6.45) is 7.72. The summed E-state index contributed by atoms with van der Waals surface area (Å²) in [6.45, 7) is 3.24. The zero-order chi connectivity index (χ0) is 15.1. The molecule has 7 heteroatoms. The lowest BCUT2D eigenvalue weighted by molar-refractivity contribution is 0.0637. The van der Waals surface area contributed by atoms with Crippen LogP contribution in [0, 0.1) is 6.92 Å². The summed E-state index contributed by atoms with van der Waals surface area (Å²) in [4.78, 5) is 19.0. The highest BCUT2D eigenvalue weighted by molar-refractivity contribution is 5.92. The smallest absolute Gasteiger partial charge is 0.291 e. The Morgan fingerprint density at radius 1 is 1.36 bits per heavy atom. The summed E-state index contributed by atoms with van der Waals surface area (Å²) in [5.41, 5.74) is 0.703. The van der Waals surface area contributed by atoms with Crippen LogP contribution in [-0.4, -0.2) is 43.9 Å². The van der Waals surface area contributed by atoms with Gasteiger partial charge in [-0.2, -0.15) is 0 Å². The van der Waals surface area contributed by atoms with Gasteiger partial charge < -0.3 is 9.32 Å². The van der Waals surface area contributed by atoms with E-state index >= 15 is 0 Å². The fourth-order valence-electron chi connectivity index (χ4n) is 3.03. The molecule has 2 fully saturated rings. The molecule has 0 bridgehead atoms. The second kappa shape index (κ2) is 5.23. The molecule has 1 aliphatic carbocycles. The number of aryl methyl sites for hydroxylation is 1. The van der Waals surface area contributed by atoms with Gasteiger partial charge >= 0.3 is 0 Å². The molecule has 1 saturated carbocycles. The van der Waals surface area contributed by atoms with Crippen LogP contribution in [0.3, 0.4) is 0 Å². The summed E-state index contributed by atoms with van der Waals surface area (Å²) in [5, 5.41) is 7.90. The normalized spacial score (nSPS) is 22.0. The Labute approximate surface area is 128 Å². The monoisotopic (exact) mass is 301 g/mol. The summed E-state index contributed by atoms with van der Waals surface area (Å²) in [7, 11) is 0. The Kier molecular flexibility index (Phi) is 3.20. The highest BCUT2D eigenvalue weighted by Gasteiger charge is 2.33. The minimum Gasteiger partial charge on any atom is -0.435 e. The number of carbonyl (C=O) groups excluding carboxylic acids is 1. The van der Waals surface area contributed by atoms with Gasteiger partial charge in [0, 0.05) is 25.2 Å². The molecule has 0 radical (unpaired) electrons. The van der Waals surface area contributed by atoms with Crippen molar-refractivity contribution in [2.24, 2.45) is 0 Å². The molecule has 0 spiro atoms. The first-order valence-electron chi connectivity index (χ1n) is 7.85. The van der Waals surface area contributed by atoms with Crippen LogP contribution in [0.25, 0.3) is 0 Å². The fourth-order valence-corrected chi connectivity index (χ4v) is 3.03. The van der Waals surface area contributed by atoms with E-state index in [9.17, 15) is 4.79 Å². The van der Waals surface area contributed by atoms with Gasteiger partial charge in [-0.25, -0.2) is 9.67 Å². The molecule has 1 atom stereocenters. The molecule has 1 unspecified atom stereocenters. The summed E-state index contributed by atoms with van der Waals surface area (Å²) in [6, 6.07) is 0.186. The molecular weight excluding hydrogens is 282 g/mol. The van der Waals surface area contributed by atoms with Crippen LogP contribution >= 0.6 is 0 Å². The van der Waals surface area contributed by atoms with Crippen molar-refractivity contribution in [1.29, 1.82) is 0 Å². The van der Waals surface area contributed by atoms with Crippen LogP contribution in [0.4, 0.5) is 0 Å². The highest BCUT2D eigenvalue weighted by Crippen LogP contribution is 2.40. The highest BCUT2D eigenvalue weighted by atomic mass is 16.4. The quantitative estimate of drug-likeness (QED) is 0.865. The van der Waals surface area contributed by atoms with Crippen molar-refractivity contribution in [2.75, 3.05) is 13.1 Å². The van der Waals surface area contributed by atoms with Crippen LogP contribution < -0.4 is 0 Å². The fraction of sp³-hybridized carbons (Fsp3) is 0.600. The number of carbonyl (C=O) groups is 1. The van der Waals surface area contributed by atoms with Crippen molar-refractivity contribution in [3.05, 3.63) is 29.7 Å². The Bertz CT molecular complexity index is 674. The molecule has 2 aromatic rings. The zero-order valence-electron chi connectivity index (χ0n) is 12.6. The first-order chi connectivity index (χ1) is 10.7. The molecule has 1 amide bonds. The van der Waals surface area contributed by atoms with Gasteiger partial charge in [0.1, 0.15) is 0 Å². The van der Waals surface area contributed by atoms with E-state index in [2.05, 4.69) is 15.3 Å². The maximum Gasteiger partial charge on any atom is 0.291 e. The number of amides is 1. The van der Waals surface area contributed by atoms with Crippen molar-refractivity contribution in [2.45, 2.75) is 44.6 Å². The standard InChI is InChI=1S/C15H19N5O2/c1-10-13(22-14(17-10)11-4-5-11)15(21)19-7-2-3-12(9-19)20-8-6-16-18-20/h6,8,11-12H,2-5,7,9H2,1H3. The third kappa shape index (κ3) is 2.40. The van der Waals surface area contributed by atoms with Gasteiger partial charge in [0.15, 0.2) is 5.89 Å². The number of aromatic nitrogens is 4. The maximum absolute atomic E-state index is 12.7. The molecule has 116 valence electrons. The van der Waals surface area contributed by atoms with Crippen molar-refractivity contribution in [3.8, 4) is 0 Å². The van der Waals surface area contributed by atoms with Crippen LogP contribution in [0.1, 0.15) is 59.8 Å². The predicted molar refractivity (Wildman–Crippen MR) is 77.4 cm³/mol. The van der Waals surface area contributed by atoms with E-state index in [0.29, 0.717) is 23.9 Å². The number of hydrogen-bond acceptors (Lipinski definition) is 5. The van der Waals surface area contributed by atoms with E-state index in [-0.39, 0.29) is 11.9 Å². The Balaban J connectivity index is 1.52. The molecule has 0 N–H and O–H groups in total. The first kappa shape index (κ1) is 13.5.